The molecule has 1 aromatic heterocycles. The predicted octanol–water partition coefficient (Wildman–Crippen LogP) is 1.86. The van der Waals surface area contributed by atoms with Crippen molar-refractivity contribution in [3.63, 3.8) is 0 Å². The van der Waals surface area contributed by atoms with Crippen LogP contribution in [0.1, 0.15) is 39.5 Å². The molecular weight excluding hydrogens is 288 g/mol. The molecule has 1 fully saturated rings. The van der Waals surface area contributed by atoms with Crippen molar-refractivity contribution in [3.05, 3.63) is 18.3 Å². The quantitative estimate of drug-likeness (QED) is 0.569. The minimum atomic E-state index is -3.53. The van der Waals surface area contributed by atoms with Crippen molar-refractivity contribution in [2.75, 3.05) is 5.43 Å². The summed E-state index contributed by atoms with van der Waals surface area (Å²) in [6.07, 6.45) is 5.56. The molecule has 1 aliphatic carbocycles. The monoisotopic (exact) mass is 312 g/mol. The van der Waals surface area contributed by atoms with Crippen molar-refractivity contribution >= 4 is 15.8 Å². The van der Waals surface area contributed by atoms with Crippen LogP contribution in [0.3, 0.4) is 0 Å². The Kier molecular flexibility index (Phi) is 5.18. The second-order valence-electron chi connectivity index (χ2n) is 5.94. The maximum absolute atomic E-state index is 12.5. The Morgan fingerprint density at radius 1 is 1.29 bits per heavy atom. The van der Waals surface area contributed by atoms with Crippen molar-refractivity contribution in [3.8, 4) is 0 Å². The van der Waals surface area contributed by atoms with E-state index in [0.29, 0.717) is 17.7 Å². The van der Waals surface area contributed by atoms with Crippen LogP contribution in [0.15, 0.2) is 23.2 Å². The molecule has 0 aliphatic heterocycles. The number of sulfonamides is 1. The van der Waals surface area contributed by atoms with E-state index in [4.69, 9.17) is 5.84 Å². The van der Waals surface area contributed by atoms with E-state index in [1.807, 2.05) is 0 Å². The minimum Gasteiger partial charge on any atom is -0.308 e. The molecule has 0 amide bonds. The molecule has 6 nitrogen and oxygen atoms in total. The number of anilines is 1. The van der Waals surface area contributed by atoms with E-state index in [2.05, 4.69) is 29.0 Å². The zero-order valence-electron chi connectivity index (χ0n) is 12.5. The molecule has 1 aromatic rings. The first kappa shape index (κ1) is 16.2. The Labute approximate surface area is 126 Å². The van der Waals surface area contributed by atoms with Gasteiger partial charge in [-0.25, -0.2) is 24.0 Å². The Morgan fingerprint density at radius 2 is 2.00 bits per heavy atom. The molecule has 21 heavy (non-hydrogen) atoms. The van der Waals surface area contributed by atoms with Gasteiger partial charge in [0.15, 0.2) is 0 Å². The third-order valence-electron chi connectivity index (χ3n) is 4.18. The fourth-order valence-corrected chi connectivity index (χ4v) is 4.26. The summed E-state index contributed by atoms with van der Waals surface area (Å²) < 4.78 is 27.8. The summed E-state index contributed by atoms with van der Waals surface area (Å²) in [6.45, 7) is 4.31. The van der Waals surface area contributed by atoms with E-state index in [9.17, 15) is 8.42 Å². The second-order valence-corrected chi connectivity index (χ2v) is 7.66. The maximum Gasteiger partial charge on any atom is 0.242 e. The zero-order valence-corrected chi connectivity index (χ0v) is 13.4. The van der Waals surface area contributed by atoms with Gasteiger partial charge in [0.1, 0.15) is 10.7 Å². The molecule has 0 bridgehead atoms. The normalized spacial score (nSPS) is 23.2. The molecular formula is C14H24N4O2S. The van der Waals surface area contributed by atoms with Crippen LogP contribution in [-0.4, -0.2) is 19.4 Å². The van der Waals surface area contributed by atoms with Gasteiger partial charge in [0.05, 0.1) is 0 Å². The van der Waals surface area contributed by atoms with Gasteiger partial charge >= 0.3 is 0 Å². The predicted molar refractivity (Wildman–Crippen MR) is 83.0 cm³/mol. The van der Waals surface area contributed by atoms with Crippen LogP contribution >= 0.6 is 0 Å². The third kappa shape index (κ3) is 3.93. The van der Waals surface area contributed by atoms with Gasteiger partial charge in [0.2, 0.25) is 10.0 Å². The van der Waals surface area contributed by atoms with Gasteiger partial charge < -0.3 is 5.43 Å². The van der Waals surface area contributed by atoms with Crippen molar-refractivity contribution in [1.82, 2.24) is 9.71 Å². The smallest absolute Gasteiger partial charge is 0.242 e. The average molecular weight is 312 g/mol. The van der Waals surface area contributed by atoms with Crippen LogP contribution in [-0.2, 0) is 10.0 Å². The molecule has 7 heteroatoms. The number of hydrogen-bond acceptors (Lipinski definition) is 5. The van der Waals surface area contributed by atoms with Crippen molar-refractivity contribution in [1.29, 1.82) is 0 Å². The largest absolute Gasteiger partial charge is 0.308 e. The van der Waals surface area contributed by atoms with Crippen molar-refractivity contribution in [2.24, 2.45) is 17.7 Å². The third-order valence-corrected chi connectivity index (χ3v) is 5.65. The standard InChI is InChI=1S/C14H24N4O2S/c1-10(2)12-5-3-4-6-13(12)18-21(19,20)11-7-8-14(17-15)16-9-11/h7-10,12-13,18H,3-6,15H2,1-2H3,(H,16,17). The van der Waals surface area contributed by atoms with Crippen LogP contribution in [0, 0.1) is 11.8 Å². The Hall–Kier alpha value is -1.18. The van der Waals surface area contributed by atoms with Gasteiger partial charge in [-0.2, -0.15) is 0 Å². The minimum absolute atomic E-state index is 0.0102. The molecule has 2 unspecified atom stereocenters. The highest BCUT2D eigenvalue weighted by molar-refractivity contribution is 7.89. The summed E-state index contributed by atoms with van der Waals surface area (Å²) in [6, 6.07) is 3.07. The van der Waals surface area contributed by atoms with E-state index >= 15 is 0 Å². The Balaban J connectivity index is 2.15. The lowest BCUT2D eigenvalue weighted by Gasteiger charge is -2.34. The van der Waals surface area contributed by atoms with Gasteiger partial charge in [0.25, 0.3) is 0 Å². The lowest BCUT2D eigenvalue weighted by atomic mass is 9.78. The fraction of sp³-hybridized carbons (Fsp3) is 0.643. The summed E-state index contributed by atoms with van der Waals surface area (Å²) >= 11 is 0. The van der Waals surface area contributed by atoms with Crippen LogP contribution in [0.4, 0.5) is 5.82 Å². The number of hydrazine groups is 1. The van der Waals surface area contributed by atoms with Crippen LogP contribution in [0.2, 0.25) is 0 Å². The Bertz CT molecular complexity index is 557. The average Bonchev–Trinajstić information content (AvgIpc) is 2.47. The molecule has 118 valence electrons. The first-order chi connectivity index (χ1) is 9.94. The SMILES string of the molecule is CC(C)C1CCCCC1NS(=O)(=O)c1ccc(NN)nc1. The number of hydrogen-bond donors (Lipinski definition) is 3. The number of pyridine rings is 1. The first-order valence-corrected chi connectivity index (χ1v) is 8.87. The topological polar surface area (TPSA) is 97.1 Å². The highest BCUT2D eigenvalue weighted by atomic mass is 32.2. The van der Waals surface area contributed by atoms with Gasteiger partial charge in [-0.3, -0.25) is 0 Å². The van der Waals surface area contributed by atoms with E-state index in [0.717, 1.165) is 19.3 Å². The van der Waals surface area contributed by atoms with E-state index < -0.39 is 10.0 Å². The number of nitrogen functional groups attached to an aromatic ring is 1. The van der Waals surface area contributed by atoms with Crippen molar-refractivity contribution in [2.45, 2.75) is 50.5 Å². The summed E-state index contributed by atoms with van der Waals surface area (Å²) in [4.78, 5) is 4.13. The molecule has 0 saturated heterocycles. The number of aromatic nitrogens is 1. The number of rotatable bonds is 5. The van der Waals surface area contributed by atoms with Crippen molar-refractivity contribution < 1.29 is 8.42 Å². The molecule has 2 atom stereocenters. The highest BCUT2D eigenvalue weighted by Crippen LogP contribution is 2.31. The fourth-order valence-electron chi connectivity index (χ4n) is 3.00. The first-order valence-electron chi connectivity index (χ1n) is 7.39. The summed E-state index contributed by atoms with van der Waals surface area (Å²) in [5.74, 6) is 6.54. The highest BCUT2D eigenvalue weighted by Gasteiger charge is 2.31. The van der Waals surface area contributed by atoms with Gasteiger partial charge in [-0.15, -0.1) is 0 Å². The molecule has 0 spiro atoms. The van der Waals surface area contributed by atoms with Gasteiger partial charge in [0, 0.05) is 12.2 Å². The number of nitrogens with one attached hydrogen (secondary N) is 2. The van der Waals surface area contributed by atoms with Crippen LogP contribution in [0.25, 0.3) is 0 Å². The lowest BCUT2D eigenvalue weighted by Crippen LogP contribution is -2.43. The summed E-state index contributed by atoms with van der Waals surface area (Å²) in [5.41, 5.74) is 2.38. The van der Waals surface area contributed by atoms with E-state index in [1.165, 1.54) is 18.7 Å². The molecule has 1 aliphatic rings. The second kappa shape index (κ2) is 6.72. The number of nitrogens with two attached hydrogens (primary N) is 1. The summed E-state index contributed by atoms with van der Waals surface area (Å²) in [7, 11) is -3.53. The van der Waals surface area contributed by atoms with E-state index in [-0.39, 0.29) is 10.9 Å². The zero-order chi connectivity index (χ0) is 15.5. The maximum atomic E-state index is 12.5. The number of nitrogens with zero attached hydrogens (tertiary/aromatic N) is 1. The van der Waals surface area contributed by atoms with Gasteiger partial charge in [-0.1, -0.05) is 26.7 Å². The Morgan fingerprint density at radius 3 is 2.57 bits per heavy atom. The van der Waals surface area contributed by atoms with Crippen LogP contribution < -0.4 is 16.0 Å². The van der Waals surface area contributed by atoms with Crippen LogP contribution in [0.5, 0.6) is 0 Å². The molecule has 0 radical (unpaired) electrons. The summed E-state index contributed by atoms with van der Waals surface area (Å²) in [5, 5.41) is 0. The molecule has 0 aromatic carbocycles. The molecule has 4 N–H and O–H groups in total. The molecule has 1 saturated carbocycles. The molecule has 2 rings (SSSR count). The van der Waals surface area contributed by atoms with Gasteiger partial charge in [-0.05, 0) is 36.8 Å². The molecule has 1 heterocycles. The lowest BCUT2D eigenvalue weighted by molar-refractivity contribution is 0.226. The van der Waals surface area contributed by atoms with E-state index in [1.54, 1.807) is 6.07 Å².